The second-order valence-electron chi connectivity index (χ2n) is 4.89. The zero-order valence-electron chi connectivity index (χ0n) is 12.9. The van der Waals surface area contributed by atoms with Gasteiger partial charge in [-0.05, 0) is 19.1 Å². The highest BCUT2D eigenvalue weighted by molar-refractivity contribution is 7.89. The number of carbonyl (C=O) groups is 1. The van der Waals surface area contributed by atoms with E-state index >= 15 is 0 Å². The maximum Gasteiger partial charge on any atom is 0.246 e. The molecule has 1 aromatic heterocycles. The van der Waals surface area contributed by atoms with Gasteiger partial charge in [-0.2, -0.15) is 4.31 Å². The molecule has 0 radical (unpaired) electrons. The van der Waals surface area contributed by atoms with Gasteiger partial charge in [0.1, 0.15) is 16.5 Å². The van der Waals surface area contributed by atoms with Crippen molar-refractivity contribution in [3.8, 4) is 0 Å². The molecule has 1 amide bonds. The van der Waals surface area contributed by atoms with Crippen molar-refractivity contribution in [1.29, 1.82) is 0 Å². The van der Waals surface area contributed by atoms with Crippen molar-refractivity contribution in [3.63, 3.8) is 0 Å². The molecule has 0 saturated carbocycles. The van der Waals surface area contributed by atoms with Gasteiger partial charge in [-0.25, -0.2) is 12.8 Å². The second kappa shape index (κ2) is 7.37. The van der Waals surface area contributed by atoms with E-state index in [9.17, 15) is 17.6 Å². The van der Waals surface area contributed by atoms with E-state index in [1.165, 1.54) is 24.3 Å². The first-order valence-corrected chi connectivity index (χ1v) is 8.37. The summed E-state index contributed by atoms with van der Waals surface area (Å²) in [6.07, 6.45) is 1.31. The molecule has 0 spiro atoms. The summed E-state index contributed by atoms with van der Waals surface area (Å²) >= 11 is 0. The van der Waals surface area contributed by atoms with Crippen molar-refractivity contribution in [2.75, 3.05) is 18.4 Å². The van der Waals surface area contributed by atoms with Gasteiger partial charge in [-0.3, -0.25) is 4.79 Å². The SMILES string of the molecule is C=CCN(CC(=O)Nc1cc(C)on1)S(=O)(=O)c1ccccc1F. The lowest BCUT2D eigenvalue weighted by Crippen LogP contribution is -2.38. The van der Waals surface area contributed by atoms with Crippen molar-refractivity contribution in [1.82, 2.24) is 9.46 Å². The molecule has 0 saturated heterocycles. The lowest BCUT2D eigenvalue weighted by molar-refractivity contribution is -0.116. The van der Waals surface area contributed by atoms with Gasteiger partial charge >= 0.3 is 0 Å². The Labute approximate surface area is 138 Å². The summed E-state index contributed by atoms with van der Waals surface area (Å²) in [5.74, 6) is -0.865. The van der Waals surface area contributed by atoms with Crippen LogP contribution in [-0.4, -0.2) is 36.9 Å². The first-order chi connectivity index (χ1) is 11.3. The average Bonchev–Trinajstić information content (AvgIpc) is 2.92. The van der Waals surface area contributed by atoms with Gasteiger partial charge in [0.15, 0.2) is 5.82 Å². The Bertz CT molecular complexity index is 848. The van der Waals surface area contributed by atoms with E-state index in [1.807, 2.05) is 0 Å². The highest BCUT2D eigenvalue weighted by atomic mass is 32.2. The Hall–Kier alpha value is -2.52. The highest BCUT2D eigenvalue weighted by Crippen LogP contribution is 2.19. The molecule has 2 rings (SSSR count). The van der Waals surface area contributed by atoms with Crippen LogP contribution in [0.4, 0.5) is 10.2 Å². The zero-order chi connectivity index (χ0) is 17.7. The molecule has 7 nitrogen and oxygen atoms in total. The first-order valence-electron chi connectivity index (χ1n) is 6.93. The van der Waals surface area contributed by atoms with Gasteiger partial charge in [0.2, 0.25) is 15.9 Å². The number of carbonyl (C=O) groups excluding carboxylic acids is 1. The van der Waals surface area contributed by atoms with Gasteiger partial charge < -0.3 is 9.84 Å². The number of amides is 1. The largest absolute Gasteiger partial charge is 0.360 e. The van der Waals surface area contributed by atoms with Crippen LogP contribution >= 0.6 is 0 Å². The molecule has 0 aliphatic heterocycles. The Morgan fingerprint density at radius 2 is 2.17 bits per heavy atom. The Morgan fingerprint density at radius 3 is 2.75 bits per heavy atom. The highest BCUT2D eigenvalue weighted by Gasteiger charge is 2.28. The van der Waals surface area contributed by atoms with Gasteiger partial charge in [-0.15, -0.1) is 6.58 Å². The molecule has 1 N–H and O–H groups in total. The molecule has 0 aliphatic rings. The lowest BCUT2D eigenvalue weighted by Gasteiger charge is -2.20. The standard InChI is InChI=1S/C15H16FN3O4S/c1-3-8-19(10-15(20)17-14-9-11(2)23-18-14)24(21,22)13-7-5-4-6-12(13)16/h3-7,9H,1,8,10H2,2H3,(H,17,18,20). The Morgan fingerprint density at radius 1 is 1.46 bits per heavy atom. The van der Waals surface area contributed by atoms with E-state index in [-0.39, 0.29) is 12.4 Å². The zero-order valence-corrected chi connectivity index (χ0v) is 13.7. The number of halogens is 1. The molecular formula is C15H16FN3O4S. The van der Waals surface area contributed by atoms with Crippen LogP contribution in [0, 0.1) is 12.7 Å². The maximum absolute atomic E-state index is 13.8. The van der Waals surface area contributed by atoms with Crippen LogP contribution in [0.2, 0.25) is 0 Å². The lowest BCUT2D eigenvalue weighted by atomic mass is 10.3. The number of aromatic nitrogens is 1. The normalized spacial score (nSPS) is 11.5. The summed E-state index contributed by atoms with van der Waals surface area (Å²) in [4.78, 5) is 11.5. The summed E-state index contributed by atoms with van der Waals surface area (Å²) in [6, 6.07) is 6.45. The fourth-order valence-corrected chi connectivity index (χ4v) is 3.38. The number of anilines is 1. The van der Waals surface area contributed by atoms with Crippen LogP contribution in [0.5, 0.6) is 0 Å². The maximum atomic E-state index is 13.8. The van der Waals surface area contributed by atoms with E-state index in [1.54, 1.807) is 6.92 Å². The fourth-order valence-electron chi connectivity index (χ4n) is 1.95. The molecule has 0 unspecified atom stereocenters. The first kappa shape index (κ1) is 17.8. The van der Waals surface area contributed by atoms with E-state index in [0.717, 1.165) is 16.4 Å². The number of rotatable bonds is 7. The quantitative estimate of drug-likeness (QED) is 0.768. The number of aryl methyl sites for hydroxylation is 1. The van der Waals surface area contributed by atoms with Crippen molar-refractivity contribution in [2.24, 2.45) is 0 Å². The fraction of sp³-hybridized carbons (Fsp3) is 0.200. The summed E-state index contributed by atoms with van der Waals surface area (Å²) < 4.78 is 44.6. The number of nitrogens with one attached hydrogen (secondary N) is 1. The molecule has 1 aromatic carbocycles. The number of hydrogen-bond donors (Lipinski definition) is 1. The predicted octanol–water partition coefficient (Wildman–Crippen LogP) is 1.94. The monoisotopic (exact) mass is 353 g/mol. The van der Waals surface area contributed by atoms with E-state index in [4.69, 9.17) is 4.52 Å². The van der Waals surface area contributed by atoms with Crippen molar-refractivity contribution >= 4 is 21.7 Å². The third-order valence-corrected chi connectivity index (χ3v) is 4.85. The molecule has 2 aromatic rings. The van der Waals surface area contributed by atoms with Gasteiger partial charge in [0.25, 0.3) is 0 Å². The van der Waals surface area contributed by atoms with Crippen molar-refractivity contribution in [3.05, 3.63) is 54.6 Å². The molecule has 0 bridgehead atoms. The van der Waals surface area contributed by atoms with Gasteiger partial charge in [-0.1, -0.05) is 23.4 Å². The van der Waals surface area contributed by atoms with E-state index in [0.29, 0.717) is 5.76 Å². The van der Waals surface area contributed by atoms with Gasteiger partial charge in [0, 0.05) is 12.6 Å². The Balaban J connectivity index is 2.20. The van der Waals surface area contributed by atoms with Crippen LogP contribution in [0.15, 0.2) is 52.4 Å². The van der Waals surface area contributed by atoms with E-state index < -0.39 is 33.2 Å². The molecule has 0 atom stereocenters. The van der Waals surface area contributed by atoms with Crippen molar-refractivity contribution < 1.29 is 22.1 Å². The average molecular weight is 353 g/mol. The van der Waals surface area contributed by atoms with Crippen LogP contribution in [0.3, 0.4) is 0 Å². The molecular weight excluding hydrogens is 337 g/mol. The summed E-state index contributed by atoms with van der Waals surface area (Å²) in [5.41, 5.74) is 0. The molecule has 24 heavy (non-hydrogen) atoms. The summed E-state index contributed by atoms with van der Waals surface area (Å²) in [6.45, 7) is 4.44. The number of nitrogens with zero attached hydrogens (tertiary/aromatic N) is 2. The summed E-state index contributed by atoms with van der Waals surface area (Å²) in [5, 5.41) is 6.00. The molecule has 128 valence electrons. The predicted molar refractivity (Wildman–Crippen MR) is 85.2 cm³/mol. The number of sulfonamides is 1. The van der Waals surface area contributed by atoms with E-state index in [2.05, 4.69) is 17.1 Å². The third-order valence-electron chi connectivity index (χ3n) is 3.00. The minimum atomic E-state index is -4.19. The minimum absolute atomic E-state index is 0.151. The van der Waals surface area contributed by atoms with Crippen LogP contribution in [-0.2, 0) is 14.8 Å². The molecule has 9 heteroatoms. The second-order valence-corrected chi connectivity index (χ2v) is 6.79. The van der Waals surface area contributed by atoms with Crippen LogP contribution in [0.1, 0.15) is 5.76 Å². The molecule has 0 aliphatic carbocycles. The topological polar surface area (TPSA) is 92.5 Å². The smallest absolute Gasteiger partial charge is 0.246 e. The number of benzene rings is 1. The Kier molecular flexibility index (Phi) is 5.47. The number of hydrogen-bond acceptors (Lipinski definition) is 5. The molecule has 1 heterocycles. The van der Waals surface area contributed by atoms with Crippen LogP contribution in [0.25, 0.3) is 0 Å². The summed E-state index contributed by atoms with van der Waals surface area (Å²) in [7, 11) is -4.19. The van der Waals surface area contributed by atoms with Crippen molar-refractivity contribution in [2.45, 2.75) is 11.8 Å². The van der Waals surface area contributed by atoms with Gasteiger partial charge in [0.05, 0.1) is 6.54 Å². The minimum Gasteiger partial charge on any atom is -0.360 e. The van der Waals surface area contributed by atoms with Crippen LogP contribution < -0.4 is 5.32 Å². The molecule has 0 fully saturated rings. The third kappa shape index (κ3) is 4.06.